The zero-order chi connectivity index (χ0) is 21.7. The Labute approximate surface area is 175 Å². The fourth-order valence-electron chi connectivity index (χ4n) is 3.34. The van der Waals surface area contributed by atoms with Crippen molar-refractivity contribution < 1.29 is 19.4 Å². The van der Waals surface area contributed by atoms with Gasteiger partial charge in [0.05, 0.1) is 18.7 Å². The van der Waals surface area contributed by atoms with Crippen LogP contribution in [0.4, 0.5) is 5.82 Å². The quantitative estimate of drug-likeness (QED) is 0.583. The van der Waals surface area contributed by atoms with Crippen LogP contribution in [-0.2, 0) is 22.4 Å². The minimum Gasteiger partial charge on any atom is -0.486 e. The number of fused-ring (bicyclic) bond motifs is 1. The molecule has 0 aliphatic heterocycles. The highest BCUT2D eigenvalue weighted by atomic mass is 16.5. The number of amides is 1. The van der Waals surface area contributed by atoms with E-state index in [4.69, 9.17) is 9.72 Å². The van der Waals surface area contributed by atoms with Crippen molar-refractivity contribution in [1.29, 1.82) is 0 Å². The number of anilines is 1. The highest BCUT2D eigenvalue weighted by molar-refractivity contribution is 5.82. The van der Waals surface area contributed by atoms with Crippen molar-refractivity contribution in [3.05, 3.63) is 29.6 Å². The normalized spacial score (nSPS) is 12.9. The molecule has 9 nitrogen and oxygen atoms in total. The van der Waals surface area contributed by atoms with E-state index in [2.05, 4.69) is 15.3 Å². The molecule has 2 aromatic rings. The van der Waals surface area contributed by atoms with Crippen LogP contribution in [0.2, 0.25) is 0 Å². The van der Waals surface area contributed by atoms with Crippen molar-refractivity contribution in [1.82, 2.24) is 20.3 Å². The molecule has 0 radical (unpaired) electrons. The number of aliphatic hydroxyl groups excluding tert-OH is 1. The molecule has 2 aromatic heterocycles. The van der Waals surface area contributed by atoms with E-state index in [1.165, 1.54) is 0 Å². The fourth-order valence-corrected chi connectivity index (χ4v) is 3.34. The lowest BCUT2D eigenvalue weighted by Gasteiger charge is -2.26. The molecule has 0 bridgehead atoms. The number of nitrogens with one attached hydrogen (secondary N) is 1. The highest BCUT2D eigenvalue weighted by Crippen LogP contribution is 2.31. The molecule has 0 fully saturated rings. The predicted molar refractivity (Wildman–Crippen MR) is 111 cm³/mol. The van der Waals surface area contributed by atoms with Crippen LogP contribution in [0.15, 0.2) is 18.3 Å². The minimum absolute atomic E-state index is 0.0399. The van der Waals surface area contributed by atoms with Gasteiger partial charge in [0.15, 0.2) is 12.1 Å². The molecule has 1 aliphatic carbocycles. The lowest BCUT2D eigenvalue weighted by atomic mass is 10.1. The Morgan fingerprint density at radius 2 is 2.17 bits per heavy atom. The van der Waals surface area contributed by atoms with Crippen LogP contribution >= 0.6 is 0 Å². The van der Waals surface area contributed by atoms with Crippen molar-refractivity contribution >= 4 is 18.0 Å². The third kappa shape index (κ3) is 5.10. The molecule has 1 amide bonds. The van der Waals surface area contributed by atoms with Crippen molar-refractivity contribution in [2.75, 3.05) is 31.7 Å². The Morgan fingerprint density at radius 1 is 1.37 bits per heavy atom. The molecule has 0 aromatic carbocycles. The molecule has 30 heavy (non-hydrogen) atoms. The Hall–Kier alpha value is -3.07. The summed E-state index contributed by atoms with van der Waals surface area (Å²) < 4.78 is 5.35. The number of likely N-dealkylation sites (N-methyl/N-ethyl adjacent to an activating group) is 1. The van der Waals surface area contributed by atoms with Crippen LogP contribution in [0.5, 0.6) is 5.75 Å². The Morgan fingerprint density at radius 3 is 2.90 bits per heavy atom. The number of hydrogen-bond acceptors (Lipinski definition) is 8. The highest BCUT2D eigenvalue weighted by Gasteiger charge is 2.25. The minimum atomic E-state index is -0.692. The van der Waals surface area contributed by atoms with Gasteiger partial charge in [-0.05, 0) is 39.2 Å². The average Bonchev–Trinajstić information content (AvgIpc) is 3.20. The number of ether oxygens (including phenoxy) is 1. The van der Waals surface area contributed by atoms with Crippen molar-refractivity contribution in [3.8, 4) is 17.3 Å². The number of nitrogens with zero attached hydrogens (tertiary/aromatic N) is 4. The predicted octanol–water partition coefficient (Wildman–Crippen LogP) is 0.928. The summed E-state index contributed by atoms with van der Waals surface area (Å²) in [6, 6.07) is 3.36. The van der Waals surface area contributed by atoms with Gasteiger partial charge in [-0.2, -0.15) is 0 Å². The summed E-state index contributed by atoms with van der Waals surface area (Å²) >= 11 is 0. The van der Waals surface area contributed by atoms with Gasteiger partial charge in [0, 0.05) is 30.6 Å². The number of hydrogen-bond donors (Lipinski definition) is 2. The number of aldehydes is 1. The third-order valence-corrected chi connectivity index (χ3v) is 4.81. The number of aryl methyl sites for hydroxylation is 1. The molecule has 160 valence electrons. The smallest absolute Gasteiger partial charge is 0.240 e. The maximum Gasteiger partial charge on any atom is 0.240 e. The first kappa shape index (κ1) is 21.6. The van der Waals surface area contributed by atoms with Crippen molar-refractivity contribution in [3.63, 3.8) is 0 Å². The van der Waals surface area contributed by atoms with Crippen LogP contribution in [0.25, 0.3) is 11.5 Å². The Kier molecular flexibility index (Phi) is 6.61. The first-order valence-electron chi connectivity index (χ1n) is 9.88. The number of carbonyl (C=O) groups is 2. The van der Waals surface area contributed by atoms with Gasteiger partial charge in [-0.1, -0.05) is 0 Å². The van der Waals surface area contributed by atoms with E-state index in [1.807, 2.05) is 7.05 Å². The van der Waals surface area contributed by atoms with Gasteiger partial charge in [0.25, 0.3) is 0 Å². The van der Waals surface area contributed by atoms with Gasteiger partial charge in [-0.3, -0.25) is 14.6 Å². The summed E-state index contributed by atoms with van der Waals surface area (Å²) in [5.74, 6) is 1.46. The van der Waals surface area contributed by atoms with Crippen LogP contribution < -0.4 is 15.0 Å². The molecule has 0 atom stereocenters. The summed E-state index contributed by atoms with van der Waals surface area (Å²) in [7, 11) is 1.81. The maximum absolute atomic E-state index is 12.4. The molecule has 3 rings (SSSR count). The summed E-state index contributed by atoms with van der Waals surface area (Å²) in [5.41, 5.74) is 1.85. The molecule has 0 spiro atoms. The van der Waals surface area contributed by atoms with Crippen LogP contribution in [0, 0.1) is 0 Å². The van der Waals surface area contributed by atoms with E-state index in [0.717, 1.165) is 30.5 Å². The van der Waals surface area contributed by atoms with Crippen LogP contribution in [0.1, 0.15) is 31.5 Å². The van der Waals surface area contributed by atoms with E-state index in [1.54, 1.807) is 37.1 Å². The second-order valence-electron chi connectivity index (χ2n) is 7.95. The molecule has 9 heteroatoms. The maximum atomic E-state index is 12.4. The second-order valence-corrected chi connectivity index (χ2v) is 7.95. The van der Waals surface area contributed by atoms with Gasteiger partial charge in [-0.25, -0.2) is 9.97 Å². The number of rotatable bonds is 9. The van der Waals surface area contributed by atoms with E-state index in [9.17, 15) is 14.7 Å². The van der Waals surface area contributed by atoms with Gasteiger partial charge in [0.1, 0.15) is 23.9 Å². The summed E-state index contributed by atoms with van der Waals surface area (Å²) in [6.45, 7) is 3.43. The Balaban J connectivity index is 1.88. The van der Waals surface area contributed by atoms with Gasteiger partial charge in [0.2, 0.25) is 5.91 Å². The molecule has 0 saturated carbocycles. The lowest BCUT2D eigenvalue weighted by molar-refractivity contribution is -0.121. The molecule has 2 N–H and O–H groups in total. The third-order valence-electron chi connectivity index (χ3n) is 4.81. The fraction of sp³-hybridized carbons (Fsp3) is 0.476. The van der Waals surface area contributed by atoms with Gasteiger partial charge in [-0.15, -0.1) is 0 Å². The summed E-state index contributed by atoms with van der Waals surface area (Å²) in [4.78, 5) is 38.5. The molecular formula is C21H27N5O4. The van der Waals surface area contributed by atoms with Crippen molar-refractivity contribution in [2.45, 2.75) is 38.6 Å². The number of carbonyl (C=O) groups excluding carboxylic acids is 2. The van der Waals surface area contributed by atoms with E-state index in [-0.39, 0.29) is 25.7 Å². The lowest BCUT2D eigenvalue weighted by Crippen LogP contribution is -2.49. The number of aliphatic hydroxyl groups is 1. The first-order valence-corrected chi connectivity index (χ1v) is 9.88. The Bertz CT molecular complexity index is 932. The largest absolute Gasteiger partial charge is 0.486 e. The zero-order valence-corrected chi connectivity index (χ0v) is 17.5. The number of pyridine rings is 1. The van der Waals surface area contributed by atoms with Crippen molar-refractivity contribution in [2.24, 2.45) is 0 Å². The van der Waals surface area contributed by atoms with E-state index in [0.29, 0.717) is 29.4 Å². The zero-order valence-electron chi connectivity index (χ0n) is 17.5. The molecule has 2 heterocycles. The van der Waals surface area contributed by atoms with E-state index >= 15 is 0 Å². The second kappa shape index (κ2) is 9.17. The molecule has 0 saturated heterocycles. The van der Waals surface area contributed by atoms with Gasteiger partial charge < -0.3 is 20.1 Å². The van der Waals surface area contributed by atoms with Gasteiger partial charge >= 0.3 is 0 Å². The monoisotopic (exact) mass is 413 g/mol. The molecule has 1 aliphatic rings. The topological polar surface area (TPSA) is 118 Å². The molecular weight excluding hydrogens is 386 g/mol. The first-order chi connectivity index (χ1) is 14.3. The average molecular weight is 413 g/mol. The van der Waals surface area contributed by atoms with Crippen LogP contribution in [0.3, 0.4) is 0 Å². The van der Waals surface area contributed by atoms with E-state index < -0.39 is 5.54 Å². The number of aromatic nitrogens is 3. The van der Waals surface area contributed by atoms with Crippen LogP contribution in [-0.4, -0.2) is 64.6 Å². The standard InChI is InChI=1S/C21H27N5O4/c1-21(2,13-28)25-18(29)12-26(3)20-15-5-4-6-16(15)23-19(24-20)17-11-14(7-8-22-17)30-10-9-27/h7-9,11,28H,4-6,10,12-13H2,1-3H3,(H,25,29). The summed E-state index contributed by atoms with van der Waals surface area (Å²) in [6.07, 6.45) is 4.95. The summed E-state index contributed by atoms with van der Waals surface area (Å²) in [5, 5.41) is 12.2. The SMILES string of the molecule is CN(CC(=O)NC(C)(C)CO)c1nc(-c2cc(OCC=O)ccn2)nc2c1CCC2. The molecule has 0 unspecified atom stereocenters.